The fourth-order valence-electron chi connectivity index (χ4n) is 3.04. The molecule has 1 aliphatic heterocycles. The summed E-state index contributed by atoms with van der Waals surface area (Å²) in [6.07, 6.45) is 4.31. The molecule has 23 heavy (non-hydrogen) atoms. The Morgan fingerprint density at radius 3 is 2.70 bits per heavy atom. The highest BCUT2D eigenvalue weighted by molar-refractivity contribution is 5.74. The molecule has 2 amide bonds. The number of carbonyl (C=O) groups is 1. The third-order valence-corrected chi connectivity index (χ3v) is 4.43. The van der Waals surface area contributed by atoms with Gasteiger partial charge in [0.2, 0.25) is 0 Å². The predicted octanol–water partition coefficient (Wildman–Crippen LogP) is 3.10. The van der Waals surface area contributed by atoms with Crippen LogP contribution in [0.5, 0.6) is 0 Å². The second-order valence-corrected chi connectivity index (χ2v) is 6.03. The van der Waals surface area contributed by atoms with Crippen LogP contribution in [0.25, 0.3) is 0 Å². The number of carbonyl (C=O) groups excluding carboxylic acids is 1. The summed E-state index contributed by atoms with van der Waals surface area (Å²) in [5.41, 5.74) is 1.80. The summed E-state index contributed by atoms with van der Waals surface area (Å²) >= 11 is 0. The summed E-state index contributed by atoms with van der Waals surface area (Å²) in [5.74, 6) is -1.29. The van der Waals surface area contributed by atoms with Gasteiger partial charge in [0.25, 0.3) is 0 Å². The van der Waals surface area contributed by atoms with Crippen molar-refractivity contribution >= 4 is 6.03 Å². The Morgan fingerprint density at radius 1 is 1.26 bits per heavy atom. The maximum absolute atomic E-state index is 14.0. The molecule has 3 rings (SSSR count). The van der Waals surface area contributed by atoms with Crippen LogP contribution in [-0.2, 0) is 15.1 Å². The Kier molecular flexibility index (Phi) is 4.77. The van der Waals surface area contributed by atoms with Gasteiger partial charge in [0, 0.05) is 24.7 Å². The first kappa shape index (κ1) is 16.1. The van der Waals surface area contributed by atoms with Crippen LogP contribution in [0.15, 0.2) is 18.2 Å². The van der Waals surface area contributed by atoms with Gasteiger partial charge >= 0.3 is 6.03 Å². The van der Waals surface area contributed by atoms with Crippen molar-refractivity contribution in [2.75, 3.05) is 6.61 Å². The summed E-state index contributed by atoms with van der Waals surface area (Å²) < 4.78 is 32.5. The highest BCUT2D eigenvalue weighted by Crippen LogP contribution is 2.42. The maximum atomic E-state index is 14.0. The van der Waals surface area contributed by atoms with E-state index < -0.39 is 29.5 Å². The highest BCUT2D eigenvalue weighted by Gasteiger charge is 2.42. The molecule has 1 aromatic rings. The Bertz CT molecular complexity index is 572. The van der Waals surface area contributed by atoms with Gasteiger partial charge < -0.3 is 10.1 Å². The second kappa shape index (κ2) is 6.80. The van der Waals surface area contributed by atoms with Crippen LogP contribution < -0.4 is 10.8 Å². The Hall–Kier alpha value is -1.73. The van der Waals surface area contributed by atoms with Gasteiger partial charge in [-0.2, -0.15) is 0 Å². The minimum atomic E-state index is -0.807. The normalized spacial score (nSPS) is 23.0. The van der Waals surface area contributed by atoms with E-state index in [-0.39, 0.29) is 0 Å². The lowest BCUT2D eigenvalue weighted by Gasteiger charge is -2.43. The molecule has 1 heterocycles. The molecule has 0 spiro atoms. The van der Waals surface area contributed by atoms with Crippen LogP contribution in [0, 0.1) is 11.6 Å². The number of ether oxygens (including phenoxy) is 1. The molecule has 1 aliphatic carbocycles. The predicted molar refractivity (Wildman–Crippen MR) is 78.2 cm³/mol. The van der Waals surface area contributed by atoms with E-state index >= 15 is 0 Å². The lowest BCUT2D eigenvalue weighted by molar-refractivity contribution is -0.186. The molecule has 0 unspecified atom stereocenters. The van der Waals surface area contributed by atoms with Crippen LogP contribution in [0.4, 0.5) is 13.6 Å². The number of urea groups is 1. The zero-order valence-electron chi connectivity index (χ0n) is 12.7. The van der Waals surface area contributed by atoms with Crippen LogP contribution in [-0.4, -0.2) is 18.9 Å². The number of hydroxylamine groups is 1. The molecule has 1 atom stereocenters. The van der Waals surface area contributed by atoms with Gasteiger partial charge in [-0.25, -0.2) is 23.9 Å². The quantitative estimate of drug-likeness (QED) is 0.836. The zero-order valence-corrected chi connectivity index (χ0v) is 12.7. The number of hydrogen-bond acceptors (Lipinski definition) is 3. The molecule has 2 aliphatic rings. The van der Waals surface area contributed by atoms with E-state index in [0.717, 1.165) is 31.7 Å². The largest absolute Gasteiger partial charge is 0.350 e. The number of amides is 2. The summed E-state index contributed by atoms with van der Waals surface area (Å²) in [7, 11) is 0. The Morgan fingerprint density at radius 2 is 2.09 bits per heavy atom. The van der Waals surface area contributed by atoms with Crippen molar-refractivity contribution in [2.45, 2.75) is 50.4 Å². The van der Waals surface area contributed by atoms with Gasteiger partial charge in [-0.1, -0.05) is 6.07 Å². The van der Waals surface area contributed by atoms with Crippen LogP contribution in [0.1, 0.15) is 44.1 Å². The summed E-state index contributed by atoms with van der Waals surface area (Å²) in [6.45, 7) is 0.610. The van der Waals surface area contributed by atoms with Crippen molar-refractivity contribution in [1.29, 1.82) is 0 Å². The fraction of sp³-hybridized carbons (Fsp3) is 0.562. The maximum Gasteiger partial charge on any atom is 0.339 e. The van der Waals surface area contributed by atoms with Crippen molar-refractivity contribution in [2.24, 2.45) is 0 Å². The average Bonchev–Trinajstić information content (AvgIpc) is 2.50. The number of benzene rings is 1. The molecule has 2 fully saturated rings. The van der Waals surface area contributed by atoms with Crippen LogP contribution >= 0.6 is 0 Å². The monoisotopic (exact) mass is 326 g/mol. The number of hydrogen-bond donors (Lipinski definition) is 2. The van der Waals surface area contributed by atoms with Gasteiger partial charge in [-0.3, -0.25) is 0 Å². The number of nitrogens with one attached hydrogen (secondary N) is 2. The van der Waals surface area contributed by atoms with E-state index in [4.69, 9.17) is 9.57 Å². The first-order valence-corrected chi connectivity index (χ1v) is 7.90. The third-order valence-electron chi connectivity index (χ3n) is 4.43. The molecule has 5 nitrogen and oxygen atoms in total. The number of halogens is 2. The third kappa shape index (κ3) is 3.61. The van der Waals surface area contributed by atoms with Gasteiger partial charge in [-0.15, -0.1) is 0 Å². The van der Waals surface area contributed by atoms with E-state index in [9.17, 15) is 13.6 Å². The first-order valence-electron chi connectivity index (χ1n) is 7.90. The van der Waals surface area contributed by atoms with Crippen molar-refractivity contribution in [3.05, 3.63) is 35.4 Å². The molecule has 1 saturated heterocycles. The lowest BCUT2D eigenvalue weighted by Crippen LogP contribution is -2.54. The van der Waals surface area contributed by atoms with Gasteiger partial charge in [0.1, 0.15) is 11.6 Å². The van der Waals surface area contributed by atoms with Crippen molar-refractivity contribution in [3.63, 3.8) is 0 Å². The summed E-state index contributed by atoms with van der Waals surface area (Å²) in [6, 6.07) is 2.86. The molecule has 1 saturated carbocycles. The fourth-order valence-corrected chi connectivity index (χ4v) is 3.04. The van der Waals surface area contributed by atoms with Crippen molar-refractivity contribution in [3.8, 4) is 0 Å². The molecule has 7 heteroatoms. The standard InChI is InChI=1S/C16H20F2N2O3/c17-11-5-6-12(13(18)10-11)16(7-3-8-16)19-15(21)20-23-14-4-1-2-9-22-14/h5-6,10,14H,1-4,7-9H2,(H2,19,20,21)/t14-/m1/s1. The molecular weight excluding hydrogens is 306 g/mol. The van der Waals surface area contributed by atoms with Gasteiger partial charge in [0.15, 0.2) is 6.29 Å². The first-order chi connectivity index (χ1) is 11.1. The zero-order chi connectivity index (χ0) is 16.3. The van der Waals surface area contributed by atoms with Crippen molar-refractivity contribution < 1.29 is 23.1 Å². The van der Waals surface area contributed by atoms with E-state index in [1.54, 1.807) is 0 Å². The van der Waals surface area contributed by atoms with Gasteiger partial charge in [-0.05, 0) is 38.2 Å². The average molecular weight is 326 g/mol. The van der Waals surface area contributed by atoms with E-state index in [1.165, 1.54) is 12.1 Å². The molecular formula is C16H20F2N2O3. The topological polar surface area (TPSA) is 59.6 Å². The van der Waals surface area contributed by atoms with E-state index in [0.29, 0.717) is 25.0 Å². The lowest BCUT2D eigenvalue weighted by atomic mass is 9.71. The Labute approximate surface area is 133 Å². The van der Waals surface area contributed by atoms with E-state index in [2.05, 4.69) is 10.8 Å². The van der Waals surface area contributed by atoms with Crippen molar-refractivity contribution in [1.82, 2.24) is 10.8 Å². The van der Waals surface area contributed by atoms with Crippen LogP contribution in [0.3, 0.4) is 0 Å². The number of rotatable bonds is 4. The minimum absolute atomic E-state index is 0.300. The smallest absolute Gasteiger partial charge is 0.339 e. The molecule has 126 valence electrons. The van der Waals surface area contributed by atoms with Crippen LogP contribution in [0.2, 0.25) is 0 Å². The summed E-state index contributed by atoms with van der Waals surface area (Å²) in [4.78, 5) is 17.3. The highest BCUT2D eigenvalue weighted by atomic mass is 19.1. The summed E-state index contributed by atoms with van der Waals surface area (Å²) in [5, 5.41) is 2.75. The molecule has 0 bridgehead atoms. The van der Waals surface area contributed by atoms with Gasteiger partial charge in [0.05, 0.1) is 5.54 Å². The minimum Gasteiger partial charge on any atom is -0.350 e. The molecule has 2 N–H and O–H groups in total. The van der Waals surface area contributed by atoms with E-state index in [1.807, 2.05) is 0 Å². The second-order valence-electron chi connectivity index (χ2n) is 6.03. The molecule has 0 aromatic heterocycles. The molecule has 0 radical (unpaired) electrons. The SMILES string of the molecule is O=C(NO[C@@H]1CCCCO1)NC1(c2ccc(F)cc2F)CCC1. The Balaban J connectivity index is 1.60. The molecule has 1 aromatic carbocycles.